The number of hydrogen-bond acceptors (Lipinski definition) is 5. The number of sulfonamides is 1. The van der Waals surface area contributed by atoms with Crippen LogP contribution in [-0.4, -0.2) is 47.5 Å². The Morgan fingerprint density at radius 3 is 2.19 bits per heavy atom. The van der Waals surface area contributed by atoms with Crippen molar-refractivity contribution in [3.63, 3.8) is 0 Å². The highest BCUT2D eigenvalue weighted by Gasteiger charge is 2.26. The maximum atomic E-state index is 12.7. The van der Waals surface area contributed by atoms with Gasteiger partial charge in [-0.05, 0) is 24.6 Å². The topological polar surface area (TPSA) is 83.6 Å². The van der Waals surface area contributed by atoms with E-state index in [2.05, 4.69) is 5.32 Å². The van der Waals surface area contributed by atoms with E-state index in [1.807, 2.05) is 6.92 Å². The molecule has 21 heavy (non-hydrogen) atoms. The zero-order chi connectivity index (χ0) is 16.3. The van der Waals surface area contributed by atoms with Gasteiger partial charge in [-0.1, -0.05) is 13.8 Å². The average Bonchev–Trinajstić information content (AvgIpc) is 2.42. The summed E-state index contributed by atoms with van der Waals surface area (Å²) in [5.41, 5.74) is 0.386. The van der Waals surface area contributed by atoms with Crippen LogP contribution in [0.25, 0.3) is 0 Å². The van der Waals surface area contributed by atoms with Crippen LogP contribution in [0.2, 0.25) is 0 Å². The fraction of sp³-hybridized carbons (Fsp3) is 0.538. The predicted octanol–water partition coefficient (Wildman–Crippen LogP) is 1.55. The predicted molar refractivity (Wildman–Crippen MR) is 83.8 cm³/mol. The maximum Gasteiger partial charge on any atom is 0.245 e. The van der Waals surface area contributed by atoms with E-state index in [1.165, 1.54) is 22.5 Å². The quantitative estimate of drug-likeness (QED) is 0.818. The summed E-state index contributed by atoms with van der Waals surface area (Å²) in [6.07, 6.45) is 1.75. The Morgan fingerprint density at radius 2 is 1.76 bits per heavy atom. The molecule has 0 aliphatic carbocycles. The van der Waals surface area contributed by atoms with Gasteiger partial charge >= 0.3 is 0 Å². The van der Waals surface area contributed by atoms with Crippen molar-refractivity contribution in [1.29, 1.82) is 0 Å². The summed E-state index contributed by atoms with van der Waals surface area (Å²) in [5, 5.41) is 2.80. The molecule has 0 unspecified atom stereocenters. The number of hydrogen-bond donors (Lipinski definition) is 1. The van der Waals surface area contributed by atoms with E-state index in [0.29, 0.717) is 25.2 Å². The van der Waals surface area contributed by atoms with Gasteiger partial charge in [0, 0.05) is 26.4 Å². The lowest BCUT2D eigenvalue weighted by atomic mass is 10.3. The summed E-state index contributed by atoms with van der Waals surface area (Å²) >= 11 is 0. The van der Waals surface area contributed by atoms with Crippen LogP contribution >= 0.6 is 0 Å². The smallest absolute Gasteiger partial charge is 0.245 e. The summed E-state index contributed by atoms with van der Waals surface area (Å²) in [6.45, 7) is 4.38. The highest BCUT2D eigenvalue weighted by atomic mass is 32.2. The van der Waals surface area contributed by atoms with Gasteiger partial charge in [0.1, 0.15) is 4.90 Å². The first-order chi connectivity index (χ1) is 9.68. The zero-order valence-electron chi connectivity index (χ0n) is 12.8. The third-order valence-corrected chi connectivity index (χ3v) is 6.22. The summed E-state index contributed by atoms with van der Waals surface area (Å²) in [5.74, 6) is 0. The maximum absolute atomic E-state index is 12.7. The number of rotatable bonds is 7. The standard InChI is InChI=1S/C13H22N2O4S2/c1-5-9-15(6-2)21(18,19)13-10-11(20(4,16)17)7-8-12(13)14-3/h7-8,10,14H,5-6,9H2,1-4H3. The number of nitrogens with zero attached hydrogens (tertiary/aromatic N) is 1. The molecule has 0 spiro atoms. The molecule has 0 aliphatic heterocycles. The van der Waals surface area contributed by atoms with E-state index in [4.69, 9.17) is 0 Å². The van der Waals surface area contributed by atoms with Gasteiger partial charge in [0.25, 0.3) is 0 Å². The lowest BCUT2D eigenvalue weighted by Gasteiger charge is -2.21. The summed E-state index contributed by atoms with van der Waals surface area (Å²) < 4.78 is 50.0. The second kappa shape index (κ2) is 6.76. The fourth-order valence-corrected chi connectivity index (χ4v) is 4.48. The Kier molecular flexibility index (Phi) is 5.77. The molecule has 1 aromatic carbocycles. The molecule has 0 atom stereocenters. The van der Waals surface area contributed by atoms with Crippen molar-refractivity contribution >= 4 is 25.5 Å². The van der Waals surface area contributed by atoms with Crippen LogP contribution in [0.15, 0.2) is 28.0 Å². The SMILES string of the molecule is CCCN(CC)S(=O)(=O)c1cc(S(C)(=O)=O)ccc1NC. The fourth-order valence-electron chi connectivity index (χ4n) is 1.99. The van der Waals surface area contributed by atoms with E-state index < -0.39 is 19.9 Å². The van der Waals surface area contributed by atoms with Crippen LogP contribution in [0.5, 0.6) is 0 Å². The lowest BCUT2D eigenvalue weighted by molar-refractivity contribution is 0.427. The highest BCUT2D eigenvalue weighted by Crippen LogP contribution is 2.27. The largest absolute Gasteiger partial charge is 0.387 e. The summed E-state index contributed by atoms with van der Waals surface area (Å²) in [4.78, 5) is -0.0177. The van der Waals surface area contributed by atoms with Crippen molar-refractivity contribution in [3.05, 3.63) is 18.2 Å². The van der Waals surface area contributed by atoms with Crippen LogP contribution in [0.3, 0.4) is 0 Å². The third kappa shape index (κ3) is 3.96. The molecule has 6 nitrogen and oxygen atoms in total. The molecule has 0 radical (unpaired) electrons. The molecule has 1 rings (SSSR count). The minimum atomic E-state index is -3.73. The Morgan fingerprint density at radius 1 is 1.14 bits per heavy atom. The van der Waals surface area contributed by atoms with Gasteiger partial charge in [-0.3, -0.25) is 0 Å². The second-order valence-corrected chi connectivity index (χ2v) is 8.60. The Labute approximate surface area is 127 Å². The normalized spacial score (nSPS) is 12.6. The van der Waals surface area contributed by atoms with E-state index in [1.54, 1.807) is 14.0 Å². The molecular weight excluding hydrogens is 312 g/mol. The lowest BCUT2D eigenvalue weighted by Crippen LogP contribution is -2.32. The molecule has 1 N–H and O–H groups in total. The Bertz CT molecular complexity index is 697. The van der Waals surface area contributed by atoms with E-state index in [0.717, 1.165) is 6.26 Å². The zero-order valence-corrected chi connectivity index (χ0v) is 14.4. The van der Waals surface area contributed by atoms with Gasteiger partial charge in [0.2, 0.25) is 10.0 Å². The molecule has 8 heteroatoms. The van der Waals surface area contributed by atoms with Crippen molar-refractivity contribution in [2.75, 3.05) is 31.7 Å². The highest BCUT2D eigenvalue weighted by molar-refractivity contribution is 7.91. The summed E-state index contributed by atoms with van der Waals surface area (Å²) in [7, 11) is -5.60. The Balaban J connectivity index is 3.52. The van der Waals surface area contributed by atoms with Crippen molar-refractivity contribution in [2.45, 2.75) is 30.1 Å². The molecule has 120 valence electrons. The first-order valence-electron chi connectivity index (χ1n) is 6.70. The van der Waals surface area contributed by atoms with Crippen molar-refractivity contribution in [3.8, 4) is 0 Å². The van der Waals surface area contributed by atoms with Gasteiger partial charge in [0.15, 0.2) is 9.84 Å². The first kappa shape index (κ1) is 17.9. The average molecular weight is 334 g/mol. The van der Waals surface area contributed by atoms with Crippen LogP contribution in [0, 0.1) is 0 Å². The minimum Gasteiger partial charge on any atom is -0.387 e. The second-order valence-electron chi connectivity index (χ2n) is 4.68. The minimum absolute atomic E-state index is 0.00683. The van der Waals surface area contributed by atoms with E-state index >= 15 is 0 Å². The monoisotopic (exact) mass is 334 g/mol. The Hall–Kier alpha value is -1.12. The van der Waals surface area contributed by atoms with Gasteiger partial charge in [0.05, 0.1) is 10.6 Å². The van der Waals surface area contributed by atoms with Crippen LogP contribution in [0.1, 0.15) is 20.3 Å². The molecule has 0 bridgehead atoms. The van der Waals surface area contributed by atoms with Crippen molar-refractivity contribution in [2.24, 2.45) is 0 Å². The molecule has 0 aliphatic rings. The molecule has 0 saturated heterocycles. The molecule has 0 saturated carbocycles. The van der Waals surface area contributed by atoms with Gasteiger partial charge in [-0.25, -0.2) is 16.8 Å². The van der Waals surface area contributed by atoms with E-state index in [9.17, 15) is 16.8 Å². The van der Waals surface area contributed by atoms with Gasteiger partial charge < -0.3 is 5.32 Å². The van der Waals surface area contributed by atoms with Crippen LogP contribution in [0.4, 0.5) is 5.69 Å². The molecule has 0 amide bonds. The molecule has 1 aromatic rings. The van der Waals surface area contributed by atoms with Gasteiger partial charge in [-0.15, -0.1) is 0 Å². The number of benzene rings is 1. The summed E-state index contributed by atoms with van der Waals surface area (Å²) in [6, 6.07) is 4.09. The van der Waals surface area contributed by atoms with Crippen LogP contribution < -0.4 is 5.32 Å². The van der Waals surface area contributed by atoms with Crippen LogP contribution in [-0.2, 0) is 19.9 Å². The van der Waals surface area contributed by atoms with Crippen molar-refractivity contribution in [1.82, 2.24) is 4.31 Å². The molecule has 0 aromatic heterocycles. The molecule has 0 fully saturated rings. The number of anilines is 1. The third-order valence-electron chi connectivity index (χ3n) is 3.09. The van der Waals surface area contributed by atoms with Gasteiger partial charge in [-0.2, -0.15) is 4.31 Å². The van der Waals surface area contributed by atoms with Crippen molar-refractivity contribution < 1.29 is 16.8 Å². The number of sulfone groups is 1. The first-order valence-corrected chi connectivity index (χ1v) is 10.0. The van der Waals surface area contributed by atoms with E-state index in [-0.39, 0.29) is 9.79 Å². The molecular formula is C13H22N2O4S2. The molecule has 0 heterocycles. The number of nitrogens with one attached hydrogen (secondary N) is 1.